The Kier molecular flexibility index (Phi) is 3.91. The largest absolute Gasteiger partial charge is 0.378 e. The fourth-order valence-corrected chi connectivity index (χ4v) is 2.59. The van der Waals surface area contributed by atoms with Gasteiger partial charge in [0.05, 0.1) is 17.6 Å². The van der Waals surface area contributed by atoms with Crippen LogP contribution in [0, 0.1) is 6.92 Å². The molecular formula is C18H21N3. The summed E-state index contributed by atoms with van der Waals surface area (Å²) in [5.74, 6) is 1.10. The summed E-state index contributed by atoms with van der Waals surface area (Å²) in [7, 11) is 0. The highest BCUT2D eigenvalue weighted by atomic mass is 15.1. The number of imidazole rings is 1. The quantitative estimate of drug-likeness (QED) is 0.751. The van der Waals surface area contributed by atoms with E-state index in [0.29, 0.717) is 0 Å². The van der Waals surface area contributed by atoms with Gasteiger partial charge in [0, 0.05) is 12.2 Å². The number of hydrogen-bond donors (Lipinski definition) is 1. The van der Waals surface area contributed by atoms with Crippen molar-refractivity contribution >= 4 is 16.7 Å². The molecule has 3 aromatic rings. The number of nitrogens with one attached hydrogen (secondary N) is 1. The summed E-state index contributed by atoms with van der Waals surface area (Å²) in [6.07, 6.45) is 1.11. The van der Waals surface area contributed by atoms with Crippen molar-refractivity contribution in [1.82, 2.24) is 9.55 Å². The molecule has 0 unspecified atom stereocenters. The predicted molar refractivity (Wildman–Crippen MR) is 88.5 cm³/mol. The zero-order chi connectivity index (χ0) is 14.7. The van der Waals surface area contributed by atoms with Gasteiger partial charge in [-0.15, -0.1) is 0 Å². The van der Waals surface area contributed by atoms with E-state index in [9.17, 15) is 0 Å². The molecule has 0 radical (unpaired) electrons. The number of para-hydroxylation sites is 2. The molecule has 3 nitrogen and oxygen atoms in total. The van der Waals surface area contributed by atoms with E-state index in [4.69, 9.17) is 4.98 Å². The van der Waals surface area contributed by atoms with Gasteiger partial charge in [0.25, 0.3) is 0 Å². The Hall–Kier alpha value is -2.29. The van der Waals surface area contributed by atoms with Gasteiger partial charge in [0.2, 0.25) is 0 Å². The van der Waals surface area contributed by atoms with Gasteiger partial charge in [-0.3, -0.25) is 0 Å². The van der Waals surface area contributed by atoms with Gasteiger partial charge >= 0.3 is 0 Å². The first-order valence-electron chi connectivity index (χ1n) is 7.52. The van der Waals surface area contributed by atoms with E-state index in [-0.39, 0.29) is 0 Å². The maximum Gasteiger partial charge on any atom is 0.129 e. The summed E-state index contributed by atoms with van der Waals surface area (Å²) < 4.78 is 2.32. The van der Waals surface area contributed by atoms with E-state index in [2.05, 4.69) is 66.2 Å². The Balaban J connectivity index is 1.85. The van der Waals surface area contributed by atoms with Crippen LogP contribution in [0.4, 0.5) is 5.69 Å². The van der Waals surface area contributed by atoms with Crippen LogP contribution in [-0.4, -0.2) is 9.55 Å². The molecule has 0 aliphatic rings. The maximum atomic E-state index is 4.76. The SMILES string of the molecule is CCCn1c(CNc2ccc(C)cc2)nc2ccccc21. The maximum absolute atomic E-state index is 4.76. The molecule has 0 spiro atoms. The summed E-state index contributed by atoms with van der Waals surface area (Å²) in [5, 5.41) is 3.46. The molecule has 0 aliphatic heterocycles. The van der Waals surface area contributed by atoms with E-state index in [1.807, 2.05) is 6.07 Å². The van der Waals surface area contributed by atoms with Crippen LogP contribution in [0.2, 0.25) is 0 Å². The first-order valence-corrected chi connectivity index (χ1v) is 7.52. The van der Waals surface area contributed by atoms with Crippen molar-refractivity contribution in [2.45, 2.75) is 33.4 Å². The number of hydrogen-bond acceptors (Lipinski definition) is 2. The minimum Gasteiger partial charge on any atom is -0.378 e. The number of rotatable bonds is 5. The highest BCUT2D eigenvalue weighted by Crippen LogP contribution is 2.18. The zero-order valence-corrected chi connectivity index (χ0v) is 12.6. The summed E-state index contributed by atoms with van der Waals surface area (Å²) in [6.45, 7) is 6.06. The lowest BCUT2D eigenvalue weighted by Crippen LogP contribution is -2.08. The highest BCUT2D eigenvalue weighted by molar-refractivity contribution is 5.76. The third-order valence-electron chi connectivity index (χ3n) is 3.68. The van der Waals surface area contributed by atoms with Gasteiger partial charge in [-0.05, 0) is 37.6 Å². The van der Waals surface area contributed by atoms with Gasteiger partial charge in [-0.2, -0.15) is 0 Å². The third kappa shape index (κ3) is 2.92. The van der Waals surface area contributed by atoms with Gasteiger partial charge < -0.3 is 9.88 Å². The van der Waals surface area contributed by atoms with E-state index in [1.54, 1.807) is 0 Å². The Labute approximate surface area is 125 Å². The monoisotopic (exact) mass is 279 g/mol. The molecule has 0 aliphatic carbocycles. The van der Waals surface area contributed by atoms with Crippen LogP contribution in [0.15, 0.2) is 48.5 Å². The van der Waals surface area contributed by atoms with E-state index in [0.717, 1.165) is 36.5 Å². The summed E-state index contributed by atoms with van der Waals surface area (Å²) in [5.41, 5.74) is 4.71. The molecule has 0 bridgehead atoms. The number of nitrogens with zero attached hydrogens (tertiary/aromatic N) is 2. The van der Waals surface area contributed by atoms with Crippen molar-refractivity contribution in [3.8, 4) is 0 Å². The Morgan fingerprint density at radius 2 is 1.81 bits per heavy atom. The molecular weight excluding hydrogens is 258 g/mol. The molecule has 1 heterocycles. The highest BCUT2D eigenvalue weighted by Gasteiger charge is 2.09. The summed E-state index contributed by atoms with van der Waals surface area (Å²) >= 11 is 0. The molecule has 3 heteroatoms. The molecule has 21 heavy (non-hydrogen) atoms. The Bertz CT molecular complexity index is 726. The summed E-state index contributed by atoms with van der Waals surface area (Å²) in [4.78, 5) is 4.76. The number of aryl methyl sites for hydroxylation is 2. The minimum atomic E-state index is 0.748. The van der Waals surface area contributed by atoms with Gasteiger partial charge in [-0.25, -0.2) is 4.98 Å². The average Bonchev–Trinajstić information content (AvgIpc) is 2.85. The lowest BCUT2D eigenvalue weighted by atomic mass is 10.2. The van der Waals surface area contributed by atoms with Crippen LogP contribution in [0.5, 0.6) is 0 Å². The van der Waals surface area contributed by atoms with Crippen LogP contribution >= 0.6 is 0 Å². The molecule has 0 saturated heterocycles. The van der Waals surface area contributed by atoms with Crippen LogP contribution in [-0.2, 0) is 13.1 Å². The third-order valence-corrected chi connectivity index (χ3v) is 3.68. The lowest BCUT2D eigenvalue weighted by Gasteiger charge is -2.10. The Morgan fingerprint density at radius 1 is 1.05 bits per heavy atom. The van der Waals surface area contributed by atoms with Crippen LogP contribution in [0.25, 0.3) is 11.0 Å². The number of anilines is 1. The van der Waals surface area contributed by atoms with Crippen LogP contribution in [0.3, 0.4) is 0 Å². The first kappa shape index (κ1) is 13.7. The fraction of sp³-hybridized carbons (Fsp3) is 0.278. The van der Waals surface area contributed by atoms with Crippen LogP contribution < -0.4 is 5.32 Å². The van der Waals surface area contributed by atoms with Crippen molar-refractivity contribution in [1.29, 1.82) is 0 Å². The fourth-order valence-electron chi connectivity index (χ4n) is 2.59. The zero-order valence-electron chi connectivity index (χ0n) is 12.6. The number of aromatic nitrogens is 2. The molecule has 0 atom stereocenters. The van der Waals surface area contributed by atoms with Crippen LogP contribution in [0.1, 0.15) is 24.7 Å². The smallest absolute Gasteiger partial charge is 0.129 e. The topological polar surface area (TPSA) is 29.9 Å². The molecule has 1 N–H and O–H groups in total. The second-order valence-corrected chi connectivity index (χ2v) is 5.39. The van der Waals surface area contributed by atoms with Gasteiger partial charge in [0.15, 0.2) is 0 Å². The predicted octanol–water partition coefficient (Wildman–Crippen LogP) is 4.37. The number of fused-ring (bicyclic) bond motifs is 1. The first-order chi connectivity index (χ1) is 10.3. The van der Waals surface area contributed by atoms with Crippen molar-refractivity contribution in [3.05, 3.63) is 59.9 Å². The number of benzene rings is 2. The molecule has 0 saturated carbocycles. The second-order valence-electron chi connectivity index (χ2n) is 5.39. The molecule has 2 aromatic carbocycles. The van der Waals surface area contributed by atoms with Crippen molar-refractivity contribution < 1.29 is 0 Å². The molecule has 108 valence electrons. The average molecular weight is 279 g/mol. The van der Waals surface area contributed by atoms with Crippen molar-refractivity contribution in [2.75, 3.05) is 5.32 Å². The normalized spacial score (nSPS) is 11.0. The molecule has 1 aromatic heterocycles. The van der Waals surface area contributed by atoms with E-state index >= 15 is 0 Å². The Morgan fingerprint density at radius 3 is 2.57 bits per heavy atom. The van der Waals surface area contributed by atoms with Gasteiger partial charge in [-0.1, -0.05) is 36.8 Å². The molecule has 0 fully saturated rings. The second kappa shape index (κ2) is 6.00. The van der Waals surface area contributed by atoms with E-state index in [1.165, 1.54) is 11.1 Å². The molecule has 0 amide bonds. The van der Waals surface area contributed by atoms with Crippen molar-refractivity contribution in [2.24, 2.45) is 0 Å². The van der Waals surface area contributed by atoms with Crippen molar-refractivity contribution in [3.63, 3.8) is 0 Å². The van der Waals surface area contributed by atoms with Gasteiger partial charge in [0.1, 0.15) is 5.82 Å². The molecule has 3 rings (SSSR count). The van der Waals surface area contributed by atoms with E-state index < -0.39 is 0 Å². The standard InChI is InChI=1S/C18H21N3/c1-3-12-21-17-7-5-4-6-16(17)20-18(21)13-19-15-10-8-14(2)9-11-15/h4-11,19H,3,12-13H2,1-2H3. The minimum absolute atomic E-state index is 0.748. The lowest BCUT2D eigenvalue weighted by molar-refractivity contribution is 0.661. The summed E-state index contributed by atoms with van der Waals surface area (Å²) in [6, 6.07) is 16.8.